The maximum absolute atomic E-state index is 13.4. The molecule has 148 valence electrons. The van der Waals surface area contributed by atoms with Gasteiger partial charge < -0.3 is 15.5 Å². The predicted octanol–water partition coefficient (Wildman–Crippen LogP) is 2.16. The van der Waals surface area contributed by atoms with E-state index in [0.29, 0.717) is 25.2 Å². The average molecular weight is 384 g/mol. The molecule has 0 atom stereocenters. The van der Waals surface area contributed by atoms with Crippen molar-refractivity contribution in [1.82, 2.24) is 15.2 Å². The van der Waals surface area contributed by atoms with Gasteiger partial charge in [0.2, 0.25) is 11.8 Å². The van der Waals surface area contributed by atoms with E-state index in [1.54, 1.807) is 17.0 Å². The third kappa shape index (κ3) is 6.04. The lowest BCUT2D eigenvalue weighted by Crippen LogP contribution is -2.43. The normalized spacial score (nSPS) is 15.9. The molecule has 7 heteroatoms. The van der Waals surface area contributed by atoms with E-state index in [4.69, 9.17) is 0 Å². The molecule has 0 fully saturated rings. The van der Waals surface area contributed by atoms with Crippen LogP contribution in [-0.2, 0) is 22.4 Å². The molecule has 1 aromatic carbocycles. The second kappa shape index (κ2) is 9.82. The van der Waals surface area contributed by atoms with E-state index in [1.165, 1.54) is 12.1 Å². The standard InChI is InChI=1S/C21H25FN4O2/c22-17-6-3-5-16(13-17)14-21(28)26-12-2-1-7-18-8-4-9-19(25-18)23-10-11-24-20(27)15-26/h3-6,8-9,13H,1-2,7,10-12,14-15H2,(H,23,25)(H,24,27). The Balaban J connectivity index is 1.65. The molecule has 3 rings (SSSR count). The number of nitrogens with one attached hydrogen (secondary N) is 2. The molecule has 2 heterocycles. The third-order valence-corrected chi connectivity index (χ3v) is 4.60. The number of rotatable bonds is 2. The van der Waals surface area contributed by atoms with Gasteiger partial charge in [-0.15, -0.1) is 0 Å². The van der Waals surface area contributed by atoms with Crippen molar-refractivity contribution >= 4 is 17.6 Å². The lowest BCUT2D eigenvalue weighted by Gasteiger charge is -2.23. The Morgan fingerprint density at radius 2 is 1.93 bits per heavy atom. The number of hydrogen-bond acceptors (Lipinski definition) is 4. The van der Waals surface area contributed by atoms with Crippen molar-refractivity contribution in [3.05, 3.63) is 59.5 Å². The van der Waals surface area contributed by atoms with Crippen LogP contribution in [0.4, 0.5) is 10.2 Å². The van der Waals surface area contributed by atoms with E-state index < -0.39 is 0 Å². The number of hydrogen-bond donors (Lipinski definition) is 2. The molecule has 1 aliphatic heterocycles. The molecule has 1 aromatic heterocycles. The van der Waals surface area contributed by atoms with Gasteiger partial charge in [-0.05, 0) is 49.1 Å². The summed E-state index contributed by atoms with van der Waals surface area (Å²) in [6.45, 7) is 1.49. The maximum Gasteiger partial charge on any atom is 0.239 e. The van der Waals surface area contributed by atoms with Crippen molar-refractivity contribution in [2.24, 2.45) is 0 Å². The number of carbonyl (C=O) groups excluding carboxylic acids is 2. The highest BCUT2D eigenvalue weighted by atomic mass is 19.1. The van der Waals surface area contributed by atoms with Crippen LogP contribution in [0, 0.1) is 5.82 Å². The summed E-state index contributed by atoms with van der Waals surface area (Å²) in [7, 11) is 0. The summed E-state index contributed by atoms with van der Waals surface area (Å²) in [6, 6.07) is 11.9. The zero-order valence-electron chi connectivity index (χ0n) is 15.8. The summed E-state index contributed by atoms with van der Waals surface area (Å²) in [5.74, 6) is 0.0567. The monoisotopic (exact) mass is 384 g/mol. The smallest absolute Gasteiger partial charge is 0.239 e. The Hall–Kier alpha value is -2.96. The minimum atomic E-state index is -0.369. The van der Waals surface area contributed by atoms with Crippen molar-refractivity contribution in [3.8, 4) is 0 Å². The predicted molar refractivity (Wildman–Crippen MR) is 105 cm³/mol. The molecule has 0 unspecified atom stereocenters. The van der Waals surface area contributed by atoms with E-state index in [1.807, 2.05) is 18.2 Å². The number of benzene rings is 1. The molecule has 2 bridgehead atoms. The van der Waals surface area contributed by atoms with Crippen LogP contribution < -0.4 is 10.6 Å². The number of carbonyl (C=O) groups is 2. The Morgan fingerprint density at radius 3 is 2.79 bits per heavy atom. The number of aromatic nitrogens is 1. The van der Waals surface area contributed by atoms with Gasteiger partial charge in [0.15, 0.2) is 0 Å². The largest absolute Gasteiger partial charge is 0.368 e. The Bertz CT molecular complexity index is 828. The fraction of sp³-hybridized carbons (Fsp3) is 0.381. The summed E-state index contributed by atoms with van der Waals surface area (Å²) >= 11 is 0. The summed E-state index contributed by atoms with van der Waals surface area (Å²) in [5.41, 5.74) is 1.61. The van der Waals surface area contributed by atoms with Crippen molar-refractivity contribution in [2.45, 2.75) is 25.7 Å². The van der Waals surface area contributed by atoms with Crippen LogP contribution in [0.5, 0.6) is 0 Å². The van der Waals surface area contributed by atoms with Crippen LogP contribution in [-0.4, -0.2) is 47.9 Å². The first-order chi connectivity index (χ1) is 13.6. The fourth-order valence-electron chi connectivity index (χ4n) is 3.17. The third-order valence-electron chi connectivity index (χ3n) is 4.60. The van der Waals surface area contributed by atoms with Gasteiger partial charge in [-0.2, -0.15) is 0 Å². The first kappa shape index (κ1) is 19.8. The van der Waals surface area contributed by atoms with E-state index in [-0.39, 0.29) is 30.6 Å². The van der Waals surface area contributed by atoms with E-state index in [2.05, 4.69) is 15.6 Å². The minimum absolute atomic E-state index is 0.0116. The van der Waals surface area contributed by atoms with Gasteiger partial charge in [-0.3, -0.25) is 9.59 Å². The molecule has 1 aliphatic rings. The van der Waals surface area contributed by atoms with Crippen molar-refractivity contribution in [3.63, 3.8) is 0 Å². The quantitative estimate of drug-likeness (QED) is 0.832. The molecular weight excluding hydrogens is 359 g/mol. The van der Waals surface area contributed by atoms with Gasteiger partial charge in [-0.1, -0.05) is 18.2 Å². The fourth-order valence-corrected chi connectivity index (χ4v) is 3.17. The van der Waals surface area contributed by atoms with Gasteiger partial charge in [0, 0.05) is 25.3 Å². The van der Waals surface area contributed by atoms with Gasteiger partial charge in [0.25, 0.3) is 0 Å². The lowest BCUT2D eigenvalue weighted by atomic mass is 10.1. The van der Waals surface area contributed by atoms with E-state index >= 15 is 0 Å². The number of nitrogens with zero attached hydrogens (tertiary/aromatic N) is 2. The maximum atomic E-state index is 13.4. The van der Waals surface area contributed by atoms with Gasteiger partial charge in [0.05, 0.1) is 13.0 Å². The first-order valence-electron chi connectivity index (χ1n) is 9.59. The number of anilines is 1. The van der Waals surface area contributed by atoms with Crippen LogP contribution in [0.3, 0.4) is 0 Å². The SMILES string of the molecule is O=C1CN(C(=O)Cc2cccc(F)c2)CCCCc2cccc(n2)NCCN1. The van der Waals surface area contributed by atoms with Crippen LogP contribution in [0.15, 0.2) is 42.5 Å². The van der Waals surface area contributed by atoms with Crippen LogP contribution >= 0.6 is 0 Å². The van der Waals surface area contributed by atoms with Crippen LogP contribution in [0.1, 0.15) is 24.1 Å². The van der Waals surface area contributed by atoms with Crippen molar-refractivity contribution < 1.29 is 14.0 Å². The molecule has 0 spiro atoms. The summed E-state index contributed by atoms with van der Waals surface area (Å²) in [4.78, 5) is 31.1. The minimum Gasteiger partial charge on any atom is -0.368 e. The zero-order valence-corrected chi connectivity index (χ0v) is 15.8. The van der Waals surface area contributed by atoms with Gasteiger partial charge >= 0.3 is 0 Å². The van der Waals surface area contributed by atoms with Gasteiger partial charge in [-0.25, -0.2) is 9.37 Å². The number of pyridine rings is 1. The van der Waals surface area contributed by atoms with Crippen molar-refractivity contribution in [1.29, 1.82) is 0 Å². The summed E-state index contributed by atoms with van der Waals surface area (Å²) in [5, 5.41) is 6.01. The summed E-state index contributed by atoms with van der Waals surface area (Å²) in [6.07, 6.45) is 2.52. The van der Waals surface area contributed by atoms with Crippen molar-refractivity contribution in [2.75, 3.05) is 31.5 Å². The van der Waals surface area contributed by atoms with Gasteiger partial charge in [0.1, 0.15) is 11.6 Å². The highest BCUT2D eigenvalue weighted by Gasteiger charge is 2.18. The molecule has 0 radical (unpaired) electrons. The number of amides is 2. The molecule has 0 saturated carbocycles. The molecule has 0 aliphatic carbocycles. The van der Waals surface area contributed by atoms with E-state index in [0.717, 1.165) is 30.8 Å². The lowest BCUT2D eigenvalue weighted by molar-refractivity contribution is -0.135. The number of aryl methyl sites for hydroxylation is 1. The zero-order chi connectivity index (χ0) is 19.8. The topological polar surface area (TPSA) is 74.3 Å². The van der Waals surface area contributed by atoms with E-state index in [9.17, 15) is 14.0 Å². The molecular formula is C21H25FN4O2. The number of halogens is 1. The Kier molecular flexibility index (Phi) is 6.94. The molecule has 28 heavy (non-hydrogen) atoms. The highest BCUT2D eigenvalue weighted by molar-refractivity contribution is 5.85. The second-order valence-electron chi connectivity index (χ2n) is 6.87. The number of fused-ring (bicyclic) bond motifs is 2. The molecule has 2 N–H and O–H groups in total. The Labute approximate surface area is 164 Å². The van der Waals surface area contributed by atoms with Crippen LogP contribution in [0.25, 0.3) is 0 Å². The Morgan fingerprint density at radius 1 is 1.11 bits per heavy atom. The highest BCUT2D eigenvalue weighted by Crippen LogP contribution is 2.10. The second-order valence-corrected chi connectivity index (χ2v) is 6.87. The first-order valence-corrected chi connectivity index (χ1v) is 9.59. The van der Waals surface area contributed by atoms with Crippen LogP contribution in [0.2, 0.25) is 0 Å². The average Bonchev–Trinajstić information content (AvgIpc) is 2.67. The molecule has 6 nitrogen and oxygen atoms in total. The summed E-state index contributed by atoms with van der Waals surface area (Å²) < 4.78 is 13.4. The molecule has 0 saturated heterocycles. The molecule has 2 aromatic rings. The molecule has 2 amide bonds.